The summed E-state index contributed by atoms with van der Waals surface area (Å²) in [5.74, 6) is -0.227. The van der Waals surface area contributed by atoms with Crippen LogP contribution in [-0.2, 0) is 9.53 Å². The number of aromatic amines is 1. The molecule has 0 spiro atoms. The first kappa shape index (κ1) is 21.0. The zero-order valence-electron chi connectivity index (χ0n) is 17.3. The number of dihydropyridines is 1. The molecule has 31 heavy (non-hydrogen) atoms. The molecule has 1 aliphatic heterocycles. The number of fused-ring (bicyclic) bond motifs is 1. The molecule has 9 heteroatoms. The Morgan fingerprint density at radius 3 is 2.74 bits per heavy atom. The standard InChI is InChI=1S/C22H22ClN5O3/c1-12-8-14(10-25-20(12)31-11-22(2,3)21(29)30)15-5-4-13(9-24-15)18-26-16-6-7-17(23)27-19(16)28-18/h4-10,20,25H,11H2,1-3H3,(H,29,30)(H,26,27,28). The second-order valence-corrected chi connectivity index (χ2v) is 8.44. The van der Waals surface area contributed by atoms with E-state index in [-0.39, 0.29) is 12.8 Å². The Kier molecular flexibility index (Phi) is 5.51. The number of aromatic nitrogens is 4. The predicted molar refractivity (Wildman–Crippen MR) is 118 cm³/mol. The average molecular weight is 440 g/mol. The lowest BCUT2D eigenvalue weighted by Gasteiger charge is -2.27. The first-order chi connectivity index (χ1) is 14.7. The number of carboxylic acids is 1. The van der Waals surface area contributed by atoms with Crippen molar-refractivity contribution in [1.82, 2.24) is 25.3 Å². The third-order valence-corrected chi connectivity index (χ3v) is 5.23. The number of carbonyl (C=O) groups is 1. The van der Waals surface area contributed by atoms with Crippen LogP contribution in [0.4, 0.5) is 0 Å². The fourth-order valence-electron chi connectivity index (χ4n) is 3.05. The van der Waals surface area contributed by atoms with Crippen molar-refractivity contribution in [2.75, 3.05) is 6.61 Å². The Balaban J connectivity index is 1.47. The first-order valence-corrected chi connectivity index (χ1v) is 10.1. The lowest BCUT2D eigenvalue weighted by Crippen LogP contribution is -2.37. The minimum absolute atomic E-state index is 0.0961. The molecule has 0 aliphatic carbocycles. The summed E-state index contributed by atoms with van der Waals surface area (Å²) in [6, 6.07) is 7.40. The van der Waals surface area contributed by atoms with Gasteiger partial charge in [-0.05, 0) is 56.7 Å². The molecule has 0 radical (unpaired) electrons. The molecule has 1 unspecified atom stereocenters. The molecule has 0 saturated carbocycles. The summed E-state index contributed by atoms with van der Waals surface area (Å²) in [7, 11) is 0. The Morgan fingerprint density at radius 1 is 1.26 bits per heavy atom. The highest BCUT2D eigenvalue weighted by Gasteiger charge is 2.29. The molecule has 3 aromatic heterocycles. The van der Waals surface area contributed by atoms with Gasteiger partial charge in [-0.1, -0.05) is 11.6 Å². The van der Waals surface area contributed by atoms with Gasteiger partial charge in [0.05, 0.1) is 23.2 Å². The minimum Gasteiger partial charge on any atom is -0.481 e. The number of rotatable bonds is 6. The number of hydrogen-bond donors (Lipinski definition) is 3. The number of nitrogens with zero attached hydrogens (tertiary/aromatic N) is 3. The predicted octanol–water partition coefficient (Wildman–Crippen LogP) is 4.02. The highest BCUT2D eigenvalue weighted by molar-refractivity contribution is 6.29. The van der Waals surface area contributed by atoms with E-state index in [1.165, 1.54) is 0 Å². The lowest BCUT2D eigenvalue weighted by atomic mass is 9.95. The maximum absolute atomic E-state index is 11.3. The molecular formula is C22H22ClN5O3. The van der Waals surface area contributed by atoms with Crippen LogP contribution in [0.2, 0.25) is 5.15 Å². The van der Waals surface area contributed by atoms with Crippen molar-refractivity contribution in [3.63, 3.8) is 0 Å². The van der Waals surface area contributed by atoms with E-state index in [2.05, 4.69) is 25.3 Å². The largest absolute Gasteiger partial charge is 0.481 e. The minimum atomic E-state index is -0.957. The van der Waals surface area contributed by atoms with Crippen molar-refractivity contribution in [2.45, 2.75) is 27.0 Å². The molecular weight excluding hydrogens is 418 g/mol. The summed E-state index contributed by atoms with van der Waals surface area (Å²) in [6.07, 6.45) is 5.16. The van der Waals surface area contributed by atoms with Crippen LogP contribution in [0.25, 0.3) is 28.1 Å². The van der Waals surface area contributed by atoms with Gasteiger partial charge in [0, 0.05) is 23.5 Å². The molecule has 1 aliphatic rings. The van der Waals surface area contributed by atoms with Crippen molar-refractivity contribution in [1.29, 1.82) is 0 Å². The Hall–Kier alpha value is -3.23. The van der Waals surface area contributed by atoms with Crippen LogP contribution in [0.1, 0.15) is 26.5 Å². The molecule has 0 bridgehead atoms. The van der Waals surface area contributed by atoms with E-state index < -0.39 is 11.4 Å². The third-order valence-electron chi connectivity index (χ3n) is 5.02. The normalized spacial score (nSPS) is 16.6. The van der Waals surface area contributed by atoms with E-state index in [0.717, 1.165) is 27.9 Å². The van der Waals surface area contributed by atoms with Gasteiger partial charge in [-0.3, -0.25) is 9.78 Å². The molecule has 1 atom stereocenters. The molecule has 3 N–H and O–H groups in total. The quantitative estimate of drug-likeness (QED) is 0.497. The summed E-state index contributed by atoms with van der Waals surface area (Å²) in [5, 5.41) is 12.8. The number of hydrogen-bond acceptors (Lipinski definition) is 6. The van der Waals surface area contributed by atoms with Crippen molar-refractivity contribution in [3.8, 4) is 11.4 Å². The number of allylic oxidation sites excluding steroid dienone is 2. The zero-order valence-corrected chi connectivity index (χ0v) is 18.1. The number of pyridine rings is 2. The van der Waals surface area contributed by atoms with Crippen LogP contribution in [-0.4, -0.2) is 43.8 Å². The third kappa shape index (κ3) is 4.45. The molecule has 0 fully saturated rings. The fraction of sp³-hybridized carbons (Fsp3) is 0.273. The van der Waals surface area contributed by atoms with Crippen molar-refractivity contribution < 1.29 is 14.6 Å². The highest BCUT2D eigenvalue weighted by Crippen LogP contribution is 2.25. The van der Waals surface area contributed by atoms with E-state index in [1.54, 1.807) is 26.1 Å². The molecule has 8 nitrogen and oxygen atoms in total. The maximum atomic E-state index is 11.3. The van der Waals surface area contributed by atoms with Gasteiger partial charge >= 0.3 is 5.97 Å². The number of carboxylic acid groups (broad SMARTS) is 1. The summed E-state index contributed by atoms with van der Waals surface area (Å²) in [4.78, 5) is 27.7. The van der Waals surface area contributed by atoms with Crippen LogP contribution in [0.5, 0.6) is 0 Å². The number of ether oxygens (including phenoxy) is 1. The van der Waals surface area contributed by atoms with E-state index >= 15 is 0 Å². The molecule has 4 heterocycles. The molecule has 3 aromatic rings. The van der Waals surface area contributed by atoms with Crippen molar-refractivity contribution in [3.05, 3.63) is 59.2 Å². The number of aliphatic carboxylic acids is 1. The van der Waals surface area contributed by atoms with Gasteiger partial charge in [-0.2, -0.15) is 0 Å². The summed E-state index contributed by atoms with van der Waals surface area (Å²) in [6.45, 7) is 5.30. The van der Waals surface area contributed by atoms with Gasteiger partial charge in [0.25, 0.3) is 0 Å². The van der Waals surface area contributed by atoms with E-state index in [4.69, 9.17) is 16.3 Å². The number of imidazole rings is 1. The topological polar surface area (TPSA) is 113 Å². The highest BCUT2D eigenvalue weighted by atomic mass is 35.5. The van der Waals surface area contributed by atoms with E-state index in [9.17, 15) is 9.90 Å². The second kappa shape index (κ2) is 8.13. The van der Waals surface area contributed by atoms with Crippen LogP contribution < -0.4 is 5.32 Å². The monoisotopic (exact) mass is 439 g/mol. The Labute approximate surface area is 184 Å². The Morgan fingerprint density at radius 2 is 2.06 bits per heavy atom. The van der Waals surface area contributed by atoms with Crippen LogP contribution >= 0.6 is 11.6 Å². The SMILES string of the molecule is CC1=CC(c2ccc(-c3nc4nc(Cl)ccc4[nH]3)cn2)=CNC1OCC(C)(C)C(=O)O. The van der Waals surface area contributed by atoms with Gasteiger partial charge in [0.15, 0.2) is 5.65 Å². The molecule has 0 aromatic carbocycles. The fourth-order valence-corrected chi connectivity index (χ4v) is 3.19. The van der Waals surface area contributed by atoms with E-state index in [1.807, 2.05) is 37.4 Å². The molecule has 0 amide bonds. The van der Waals surface area contributed by atoms with Gasteiger partial charge in [-0.15, -0.1) is 0 Å². The average Bonchev–Trinajstić information content (AvgIpc) is 3.16. The maximum Gasteiger partial charge on any atom is 0.311 e. The smallest absolute Gasteiger partial charge is 0.311 e. The van der Waals surface area contributed by atoms with Gasteiger partial charge in [0.1, 0.15) is 17.2 Å². The summed E-state index contributed by atoms with van der Waals surface area (Å²) in [5.41, 5.74) is 3.86. The van der Waals surface area contributed by atoms with Crippen molar-refractivity contribution >= 4 is 34.3 Å². The number of nitrogens with one attached hydrogen (secondary N) is 2. The van der Waals surface area contributed by atoms with Gasteiger partial charge < -0.3 is 20.1 Å². The van der Waals surface area contributed by atoms with Crippen LogP contribution in [0.3, 0.4) is 0 Å². The van der Waals surface area contributed by atoms with Crippen molar-refractivity contribution in [2.24, 2.45) is 5.41 Å². The number of H-pyrrole nitrogens is 1. The molecule has 0 saturated heterocycles. The van der Waals surface area contributed by atoms with Crippen LogP contribution in [0, 0.1) is 5.41 Å². The Bertz CT molecular complexity index is 1200. The number of halogens is 1. The summed E-state index contributed by atoms with van der Waals surface area (Å²) >= 11 is 5.93. The van der Waals surface area contributed by atoms with Gasteiger partial charge in [-0.25, -0.2) is 9.97 Å². The molecule has 4 rings (SSSR count). The van der Waals surface area contributed by atoms with Gasteiger partial charge in [0.2, 0.25) is 0 Å². The molecule has 160 valence electrons. The first-order valence-electron chi connectivity index (χ1n) is 9.71. The van der Waals surface area contributed by atoms with E-state index in [0.29, 0.717) is 16.6 Å². The lowest BCUT2D eigenvalue weighted by molar-refractivity contribution is -0.151. The summed E-state index contributed by atoms with van der Waals surface area (Å²) < 4.78 is 5.77. The van der Waals surface area contributed by atoms with Crippen LogP contribution in [0.15, 0.2) is 48.3 Å². The zero-order chi connectivity index (χ0) is 22.2. The second-order valence-electron chi connectivity index (χ2n) is 8.06.